The first-order chi connectivity index (χ1) is 10.0. The molecule has 2 rings (SSSR count). The Hall–Kier alpha value is -3.01. The molecule has 0 unspecified atom stereocenters. The van der Waals surface area contributed by atoms with E-state index in [1.165, 1.54) is 29.1 Å². The second kappa shape index (κ2) is 5.96. The maximum Gasteiger partial charge on any atom is 0.296 e. The Bertz CT molecular complexity index is 683. The first-order valence-corrected chi connectivity index (χ1v) is 5.91. The lowest BCUT2D eigenvalue weighted by atomic mass is 10.2. The zero-order valence-corrected chi connectivity index (χ0v) is 10.8. The van der Waals surface area contributed by atoms with Crippen molar-refractivity contribution in [3.63, 3.8) is 0 Å². The highest BCUT2D eigenvalue weighted by Gasteiger charge is 2.21. The fraction of sp³-hybridized carbons (Fsp3) is 0.182. The van der Waals surface area contributed by atoms with E-state index in [0.717, 1.165) is 0 Å². The molecule has 0 saturated heterocycles. The first kappa shape index (κ1) is 14.4. The number of carbonyl (C=O) groups is 1. The summed E-state index contributed by atoms with van der Waals surface area (Å²) in [6.07, 6.45) is 1.36. The highest BCUT2D eigenvalue weighted by atomic mass is 16.6. The molecule has 1 heterocycles. The number of nitrogens with one attached hydrogen (secondary N) is 1. The number of nitro benzene ring substituents is 1. The number of rotatable bonds is 5. The predicted octanol–water partition coefficient (Wildman–Crippen LogP) is 0.103. The van der Waals surface area contributed by atoms with Crippen molar-refractivity contribution in [1.29, 1.82) is 0 Å². The van der Waals surface area contributed by atoms with Crippen LogP contribution in [0.5, 0.6) is 5.75 Å². The van der Waals surface area contributed by atoms with E-state index in [4.69, 9.17) is 5.73 Å². The number of nitrogens with two attached hydrogens (primary N) is 1. The Morgan fingerprint density at radius 1 is 1.52 bits per heavy atom. The van der Waals surface area contributed by atoms with E-state index in [1.807, 2.05) is 0 Å². The smallest absolute Gasteiger partial charge is 0.296 e. The topological polar surface area (TPSA) is 149 Å². The van der Waals surface area contributed by atoms with Gasteiger partial charge >= 0.3 is 0 Å². The number of hydrogen-bond donors (Lipinski definition) is 3. The summed E-state index contributed by atoms with van der Waals surface area (Å²) in [5, 5.41) is 30.1. The lowest BCUT2D eigenvalue weighted by Gasteiger charge is -2.05. The summed E-state index contributed by atoms with van der Waals surface area (Å²) in [7, 11) is 0. The van der Waals surface area contributed by atoms with Crippen molar-refractivity contribution >= 4 is 17.3 Å². The molecule has 0 fully saturated rings. The van der Waals surface area contributed by atoms with Crippen molar-refractivity contribution in [1.82, 2.24) is 15.0 Å². The molecule has 0 atom stereocenters. The van der Waals surface area contributed by atoms with Crippen LogP contribution in [0.15, 0.2) is 24.4 Å². The van der Waals surface area contributed by atoms with Gasteiger partial charge in [0.1, 0.15) is 5.75 Å². The number of aromatic nitrogens is 3. The Kier molecular flexibility index (Phi) is 4.09. The van der Waals surface area contributed by atoms with Gasteiger partial charge in [-0.1, -0.05) is 11.3 Å². The number of phenols is 1. The molecule has 0 bridgehead atoms. The lowest BCUT2D eigenvalue weighted by molar-refractivity contribution is -0.384. The summed E-state index contributed by atoms with van der Waals surface area (Å²) in [4.78, 5) is 22.1. The number of benzene rings is 1. The average molecular weight is 292 g/mol. The number of para-hydroxylation sites is 1. The molecule has 1 aromatic carbocycles. The number of nitrogens with zero attached hydrogens (tertiary/aromatic N) is 4. The zero-order valence-electron chi connectivity index (χ0n) is 10.8. The highest BCUT2D eigenvalue weighted by molar-refractivity contribution is 6.04. The average Bonchev–Trinajstić information content (AvgIpc) is 2.90. The van der Waals surface area contributed by atoms with E-state index in [2.05, 4.69) is 15.6 Å². The van der Waals surface area contributed by atoms with Gasteiger partial charge in [0.05, 0.1) is 17.7 Å². The second-order valence-corrected chi connectivity index (χ2v) is 4.04. The van der Waals surface area contributed by atoms with E-state index in [-0.39, 0.29) is 11.4 Å². The maximum atomic E-state index is 12.0. The normalized spacial score (nSPS) is 10.3. The number of amides is 1. The third-order valence-corrected chi connectivity index (χ3v) is 2.59. The summed E-state index contributed by atoms with van der Waals surface area (Å²) >= 11 is 0. The number of nitro groups is 1. The molecule has 0 saturated carbocycles. The summed E-state index contributed by atoms with van der Waals surface area (Å²) < 4.78 is 1.37. The van der Waals surface area contributed by atoms with Crippen molar-refractivity contribution in [2.75, 3.05) is 11.9 Å². The van der Waals surface area contributed by atoms with Crippen LogP contribution >= 0.6 is 0 Å². The van der Waals surface area contributed by atoms with Crippen LogP contribution in [0.1, 0.15) is 10.5 Å². The van der Waals surface area contributed by atoms with Crippen LogP contribution in [0.25, 0.3) is 0 Å². The van der Waals surface area contributed by atoms with Crippen LogP contribution < -0.4 is 11.1 Å². The Morgan fingerprint density at radius 2 is 2.29 bits per heavy atom. The molecule has 0 aliphatic carbocycles. The summed E-state index contributed by atoms with van der Waals surface area (Å²) in [5.41, 5.74) is 4.59. The van der Waals surface area contributed by atoms with Gasteiger partial charge in [-0.3, -0.25) is 19.6 Å². The van der Waals surface area contributed by atoms with Crippen LogP contribution in [-0.2, 0) is 6.54 Å². The number of carbonyl (C=O) groups excluding carboxylic acids is 1. The molecule has 0 spiro atoms. The molecule has 4 N–H and O–H groups in total. The molecule has 0 aliphatic heterocycles. The largest absolute Gasteiger partial charge is 0.505 e. The minimum absolute atomic E-state index is 0.0407. The third kappa shape index (κ3) is 3.12. The molecular formula is C11H12N6O4. The molecule has 10 nitrogen and oxygen atoms in total. The number of aromatic hydroxyl groups is 1. The second-order valence-electron chi connectivity index (χ2n) is 4.04. The molecule has 110 valence electrons. The van der Waals surface area contributed by atoms with Gasteiger partial charge < -0.3 is 16.2 Å². The summed E-state index contributed by atoms with van der Waals surface area (Å²) in [6.45, 7) is 0.715. The molecule has 2 aromatic rings. The van der Waals surface area contributed by atoms with Gasteiger partial charge in [-0.2, -0.15) is 0 Å². The monoisotopic (exact) mass is 292 g/mol. The third-order valence-electron chi connectivity index (χ3n) is 2.59. The van der Waals surface area contributed by atoms with E-state index < -0.39 is 22.3 Å². The minimum atomic E-state index is -0.720. The fourth-order valence-corrected chi connectivity index (χ4v) is 1.63. The Labute approximate surface area is 118 Å². The lowest BCUT2D eigenvalue weighted by Crippen LogP contribution is -2.14. The van der Waals surface area contributed by atoms with Crippen molar-refractivity contribution in [3.05, 3.63) is 40.2 Å². The van der Waals surface area contributed by atoms with Crippen molar-refractivity contribution in [2.24, 2.45) is 5.73 Å². The Balaban J connectivity index is 2.25. The molecule has 21 heavy (non-hydrogen) atoms. The van der Waals surface area contributed by atoms with Crippen LogP contribution in [0.2, 0.25) is 0 Å². The molecule has 0 aliphatic rings. The SMILES string of the molecule is NCCn1cc(C(=O)Nc2c(O)cccc2[N+](=O)[O-])nn1. The quantitative estimate of drug-likeness (QED) is 0.402. The van der Waals surface area contributed by atoms with Crippen LogP contribution in [0.4, 0.5) is 11.4 Å². The van der Waals surface area contributed by atoms with Gasteiger partial charge in [-0.15, -0.1) is 5.10 Å². The molecule has 1 amide bonds. The highest BCUT2D eigenvalue weighted by Crippen LogP contribution is 2.33. The van der Waals surface area contributed by atoms with Gasteiger partial charge in [0, 0.05) is 12.6 Å². The number of hydrogen-bond acceptors (Lipinski definition) is 7. The van der Waals surface area contributed by atoms with E-state index in [1.54, 1.807) is 0 Å². The van der Waals surface area contributed by atoms with Crippen LogP contribution in [0.3, 0.4) is 0 Å². The molecule has 10 heteroatoms. The molecule has 0 radical (unpaired) electrons. The fourth-order valence-electron chi connectivity index (χ4n) is 1.63. The van der Waals surface area contributed by atoms with Gasteiger partial charge in [0.25, 0.3) is 11.6 Å². The van der Waals surface area contributed by atoms with Gasteiger partial charge in [-0.25, -0.2) is 0 Å². The van der Waals surface area contributed by atoms with Gasteiger partial charge in [0.15, 0.2) is 11.4 Å². The van der Waals surface area contributed by atoms with E-state index in [0.29, 0.717) is 13.1 Å². The van der Waals surface area contributed by atoms with E-state index in [9.17, 15) is 20.0 Å². The van der Waals surface area contributed by atoms with Crippen LogP contribution in [-0.4, -0.2) is 37.5 Å². The zero-order chi connectivity index (χ0) is 15.4. The number of phenolic OH excluding ortho intramolecular Hbond substituents is 1. The first-order valence-electron chi connectivity index (χ1n) is 5.91. The summed E-state index contributed by atoms with van der Waals surface area (Å²) in [6, 6.07) is 3.70. The molecule has 1 aromatic heterocycles. The van der Waals surface area contributed by atoms with E-state index >= 15 is 0 Å². The minimum Gasteiger partial charge on any atom is -0.505 e. The van der Waals surface area contributed by atoms with Gasteiger partial charge in [-0.05, 0) is 6.07 Å². The van der Waals surface area contributed by atoms with Crippen LogP contribution in [0, 0.1) is 10.1 Å². The van der Waals surface area contributed by atoms with Crippen molar-refractivity contribution < 1.29 is 14.8 Å². The van der Waals surface area contributed by atoms with Crippen molar-refractivity contribution in [3.8, 4) is 5.75 Å². The standard InChI is InChI=1S/C11H12N6O4/c12-4-5-16-6-7(14-15-16)11(19)13-10-8(17(20)21)2-1-3-9(10)18/h1-3,6,18H,4-5,12H2,(H,13,19). The predicted molar refractivity (Wildman–Crippen MR) is 71.8 cm³/mol. The van der Waals surface area contributed by atoms with Gasteiger partial charge in [0.2, 0.25) is 0 Å². The van der Waals surface area contributed by atoms with Crippen molar-refractivity contribution in [2.45, 2.75) is 6.54 Å². The molecular weight excluding hydrogens is 280 g/mol. The summed E-state index contributed by atoms with van der Waals surface area (Å²) in [5.74, 6) is -1.13. The Morgan fingerprint density at radius 3 is 2.95 bits per heavy atom. The maximum absolute atomic E-state index is 12.0. The number of anilines is 1.